The number of piperazine rings is 1. The molecule has 150 valence electrons. The Morgan fingerprint density at radius 3 is 2.63 bits per heavy atom. The number of thiazole rings is 1. The Morgan fingerprint density at radius 2 is 2.04 bits per heavy atom. The molecule has 1 aromatic rings. The third-order valence-corrected chi connectivity index (χ3v) is 5.54. The topological polar surface area (TPSA) is 91.6 Å². The zero-order valence-corrected chi connectivity index (χ0v) is 15.2. The van der Waals surface area contributed by atoms with Crippen molar-refractivity contribution in [1.82, 2.24) is 20.1 Å². The Bertz CT molecular complexity index is 740. The molecule has 3 N–H and O–H groups in total. The van der Waals surface area contributed by atoms with Crippen molar-refractivity contribution < 1.29 is 27.2 Å². The average molecular weight is 409 g/mol. The third kappa shape index (κ3) is 4.32. The van der Waals surface area contributed by atoms with Gasteiger partial charge in [-0.1, -0.05) is 11.3 Å². The number of nitrogens with zero attached hydrogens (tertiary/aromatic N) is 3. The molecule has 0 radical (unpaired) electrons. The summed E-state index contributed by atoms with van der Waals surface area (Å²) in [6.45, 7) is 1.32. The van der Waals surface area contributed by atoms with Crippen LogP contribution in [0.15, 0.2) is 0 Å². The molecule has 1 aliphatic heterocycles. The molecule has 1 saturated heterocycles. The second kappa shape index (κ2) is 7.23. The van der Waals surface area contributed by atoms with Crippen molar-refractivity contribution in [2.75, 3.05) is 39.0 Å². The van der Waals surface area contributed by atoms with E-state index in [-0.39, 0.29) is 35.3 Å². The Kier molecular flexibility index (Phi) is 5.30. The fraction of sp³-hybridized carbons (Fsp3) is 0.667. The Labute approximate surface area is 156 Å². The maximum absolute atomic E-state index is 13.2. The van der Waals surface area contributed by atoms with Gasteiger partial charge in [0.15, 0.2) is 10.8 Å². The van der Waals surface area contributed by atoms with Crippen LogP contribution in [0.4, 0.5) is 22.7 Å². The number of amides is 2. The maximum atomic E-state index is 13.2. The van der Waals surface area contributed by atoms with Gasteiger partial charge < -0.3 is 20.9 Å². The van der Waals surface area contributed by atoms with Gasteiger partial charge in [0.25, 0.3) is 5.91 Å². The van der Waals surface area contributed by atoms with E-state index in [9.17, 15) is 27.2 Å². The summed E-state index contributed by atoms with van der Waals surface area (Å²) in [5.74, 6) is -1.98. The van der Waals surface area contributed by atoms with E-state index in [1.54, 1.807) is 0 Å². The molecule has 3 atom stereocenters. The normalized spacial score (nSPS) is 26.1. The first-order chi connectivity index (χ1) is 12.6. The van der Waals surface area contributed by atoms with Crippen LogP contribution in [0.2, 0.25) is 0 Å². The molecule has 7 nitrogen and oxygen atoms in total. The van der Waals surface area contributed by atoms with Gasteiger partial charge in [-0.3, -0.25) is 9.59 Å². The number of aromatic nitrogens is 1. The van der Waals surface area contributed by atoms with Crippen LogP contribution in [0, 0.1) is 5.92 Å². The zero-order valence-electron chi connectivity index (χ0n) is 14.4. The number of carbonyl (C=O) groups is 2. The minimum Gasteiger partial charge on any atom is -0.375 e. The van der Waals surface area contributed by atoms with Crippen LogP contribution >= 0.6 is 11.3 Å². The van der Waals surface area contributed by atoms with E-state index in [2.05, 4.69) is 10.3 Å². The van der Waals surface area contributed by atoms with Gasteiger partial charge in [-0.15, -0.1) is 0 Å². The summed E-state index contributed by atoms with van der Waals surface area (Å²) in [4.78, 5) is 30.4. The summed E-state index contributed by atoms with van der Waals surface area (Å²) >= 11 is 0.196. The lowest BCUT2D eigenvalue weighted by molar-refractivity contribution is -0.137. The van der Waals surface area contributed by atoms with Crippen LogP contribution in [-0.2, 0) is 11.0 Å². The van der Waals surface area contributed by atoms with Gasteiger partial charge in [-0.2, -0.15) is 13.2 Å². The van der Waals surface area contributed by atoms with Crippen LogP contribution in [0.1, 0.15) is 21.8 Å². The predicted molar refractivity (Wildman–Crippen MR) is 89.9 cm³/mol. The van der Waals surface area contributed by atoms with Crippen molar-refractivity contribution in [3.8, 4) is 0 Å². The Balaban J connectivity index is 1.68. The third-order valence-electron chi connectivity index (χ3n) is 4.61. The summed E-state index contributed by atoms with van der Waals surface area (Å²) in [5, 5.41) is 2.05. The summed E-state index contributed by atoms with van der Waals surface area (Å²) in [7, 11) is 1.83. The van der Waals surface area contributed by atoms with Crippen molar-refractivity contribution >= 4 is 28.3 Å². The lowest BCUT2D eigenvalue weighted by atomic mass is 10.1. The van der Waals surface area contributed by atoms with E-state index in [1.807, 2.05) is 11.9 Å². The first-order valence-corrected chi connectivity index (χ1v) is 9.14. The van der Waals surface area contributed by atoms with Gasteiger partial charge in [0.2, 0.25) is 5.91 Å². The second-order valence-corrected chi connectivity index (χ2v) is 7.77. The van der Waals surface area contributed by atoms with Gasteiger partial charge in [-0.05, 0) is 13.5 Å². The SMILES string of the molecule is CN1CCN(C(=O)[C@H]2C[C@H]2F)C(CNC(=O)c2nc(N)sc2C(F)(F)F)C1. The monoisotopic (exact) mass is 409 g/mol. The predicted octanol–water partition coefficient (Wildman–Crippen LogP) is 0.974. The van der Waals surface area contributed by atoms with Crippen LogP contribution in [0.3, 0.4) is 0 Å². The number of halogens is 4. The number of rotatable bonds is 4. The number of nitrogens with two attached hydrogens (primary N) is 1. The molecule has 12 heteroatoms. The molecule has 2 fully saturated rings. The van der Waals surface area contributed by atoms with E-state index in [1.165, 1.54) is 4.90 Å². The van der Waals surface area contributed by atoms with Crippen molar-refractivity contribution in [2.45, 2.75) is 24.8 Å². The lowest BCUT2D eigenvalue weighted by Crippen LogP contribution is -2.58. The smallest absolute Gasteiger partial charge is 0.375 e. The number of alkyl halides is 4. The number of nitrogen functional groups attached to an aromatic ring is 1. The highest BCUT2D eigenvalue weighted by Gasteiger charge is 2.47. The molecule has 0 spiro atoms. The summed E-state index contributed by atoms with van der Waals surface area (Å²) in [6.07, 6.45) is -5.69. The minimum atomic E-state index is -4.74. The number of nitrogens with one attached hydrogen (secondary N) is 1. The molecule has 0 aromatic carbocycles. The van der Waals surface area contributed by atoms with Crippen molar-refractivity contribution in [3.63, 3.8) is 0 Å². The van der Waals surface area contributed by atoms with Gasteiger partial charge in [0.05, 0.1) is 12.0 Å². The van der Waals surface area contributed by atoms with Crippen molar-refractivity contribution in [1.29, 1.82) is 0 Å². The summed E-state index contributed by atoms with van der Waals surface area (Å²) in [5.41, 5.74) is 4.54. The molecule has 0 bridgehead atoms. The number of likely N-dealkylation sites (N-methyl/N-ethyl adjacent to an activating group) is 1. The molecule has 2 heterocycles. The second-order valence-electron chi connectivity index (χ2n) is 6.74. The molecule has 1 unspecified atom stereocenters. The van der Waals surface area contributed by atoms with E-state index < -0.39 is 40.8 Å². The number of hydrogen-bond donors (Lipinski definition) is 2. The van der Waals surface area contributed by atoms with Crippen LogP contribution in [0.5, 0.6) is 0 Å². The Morgan fingerprint density at radius 1 is 1.37 bits per heavy atom. The van der Waals surface area contributed by atoms with Gasteiger partial charge in [0.1, 0.15) is 11.0 Å². The molecule has 2 aliphatic rings. The largest absolute Gasteiger partial charge is 0.428 e. The van der Waals surface area contributed by atoms with Gasteiger partial charge in [-0.25, -0.2) is 9.37 Å². The van der Waals surface area contributed by atoms with Gasteiger partial charge in [0, 0.05) is 26.2 Å². The standard InChI is InChI=1S/C15H19F4N5O2S/c1-23-2-3-24(13(26)8-4-9(8)16)7(6-23)5-21-12(25)10-11(15(17,18)19)27-14(20)22-10/h7-9H,2-6H2,1H3,(H2,20,22)(H,21,25)/t7?,8-,9+/m0/s1. The lowest BCUT2D eigenvalue weighted by Gasteiger charge is -2.40. The summed E-state index contributed by atoms with van der Waals surface area (Å²) in [6, 6.07) is -0.460. The number of carbonyl (C=O) groups excluding carboxylic acids is 2. The van der Waals surface area contributed by atoms with Crippen molar-refractivity contribution in [2.24, 2.45) is 5.92 Å². The maximum Gasteiger partial charge on any atom is 0.428 e. The Hall–Kier alpha value is -1.95. The molecule has 2 amide bonds. The summed E-state index contributed by atoms with van der Waals surface area (Å²) < 4.78 is 52.3. The molecular weight excluding hydrogens is 390 g/mol. The molecule has 3 rings (SSSR count). The molecule has 27 heavy (non-hydrogen) atoms. The fourth-order valence-corrected chi connectivity index (χ4v) is 3.78. The van der Waals surface area contributed by atoms with E-state index in [4.69, 9.17) is 5.73 Å². The van der Waals surface area contributed by atoms with Crippen LogP contribution < -0.4 is 11.1 Å². The zero-order chi connectivity index (χ0) is 19.9. The minimum absolute atomic E-state index is 0.0622. The van der Waals surface area contributed by atoms with E-state index in [0.717, 1.165) is 0 Å². The highest BCUT2D eigenvalue weighted by atomic mass is 32.1. The molecule has 1 aliphatic carbocycles. The molecular formula is C15H19F4N5O2S. The number of anilines is 1. The van der Waals surface area contributed by atoms with E-state index in [0.29, 0.717) is 19.6 Å². The first-order valence-electron chi connectivity index (χ1n) is 8.32. The molecule has 1 aromatic heterocycles. The van der Waals surface area contributed by atoms with Crippen molar-refractivity contribution in [3.05, 3.63) is 10.6 Å². The van der Waals surface area contributed by atoms with Gasteiger partial charge >= 0.3 is 6.18 Å². The fourth-order valence-electron chi connectivity index (χ4n) is 3.08. The highest BCUT2D eigenvalue weighted by Crippen LogP contribution is 2.38. The number of hydrogen-bond acceptors (Lipinski definition) is 6. The highest BCUT2D eigenvalue weighted by molar-refractivity contribution is 7.15. The van der Waals surface area contributed by atoms with E-state index >= 15 is 0 Å². The van der Waals surface area contributed by atoms with Crippen LogP contribution in [0.25, 0.3) is 0 Å². The quantitative estimate of drug-likeness (QED) is 0.724. The average Bonchev–Trinajstić information content (AvgIpc) is 3.16. The first kappa shape index (κ1) is 19.8. The molecule has 1 saturated carbocycles. The van der Waals surface area contributed by atoms with Crippen LogP contribution in [-0.4, -0.2) is 72.0 Å².